The molecule has 1 heteroatoms. The molecule has 17 heavy (non-hydrogen) atoms. The van der Waals surface area contributed by atoms with Crippen molar-refractivity contribution in [2.24, 2.45) is 5.92 Å². The van der Waals surface area contributed by atoms with Crippen LogP contribution in [0, 0.1) is 5.92 Å². The van der Waals surface area contributed by atoms with Gasteiger partial charge in [-0.25, -0.2) is 0 Å². The normalized spacial score (nSPS) is 16.7. The summed E-state index contributed by atoms with van der Waals surface area (Å²) in [5, 5.41) is 2.80. The van der Waals surface area contributed by atoms with E-state index < -0.39 is 0 Å². The summed E-state index contributed by atoms with van der Waals surface area (Å²) in [7, 11) is 0. The molecule has 0 aliphatic heterocycles. The van der Waals surface area contributed by atoms with E-state index in [1.54, 1.807) is 3.61 Å². The van der Waals surface area contributed by atoms with Gasteiger partial charge in [-0.1, -0.05) is 0 Å². The molecular weight excluding hydrogens is 320 g/mol. The van der Waals surface area contributed by atoms with Gasteiger partial charge < -0.3 is 0 Å². The fourth-order valence-electron chi connectivity index (χ4n) is 2.65. The van der Waals surface area contributed by atoms with Crippen LogP contribution in [0.25, 0.3) is 10.8 Å². The minimum absolute atomic E-state index is 0.0534. The molecule has 0 N–H and O–H groups in total. The monoisotopic (exact) mass is 340 g/mol. The summed E-state index contributed by atoms with van der Waals surface area (Å²) >= 11 is 0.0534. The van der Waals surface area contributed by atoms with Crippen LogP contribution in [0.3, 0.4) is 0 Å². The fourth-order valence-corrected chi connectivity index (χ4v) is 5.89. The molecule has 2 aromatic carbocycles. The Morgan fingerprint density at radius 3 is 2.53 bits per heavy atom. The Kier molecular flexibility index (Phi) is 3.69. The van der Waals surface area contributed by atoms with Gasteiger partial charge in [-0.2, -0.15) is 0 Å². The van der Waals surface area contributed by atoms with Gasteiger partial charge in [0.25, 0.3) is 0 Å². The van der Waals surface area contributed by atoms with Gasteiger partial charge in [0.05, 0.1) is 0 Å². The van der Waals surface area contributed by atoms with Crippen molar-refractivity contribution in [3.05, 3.63) is 42.5 Å². The van der Waals surface area contributed by atoms with Crippen LogP contribution in [-0.2, 0) is 0 Å². The standard InChI is InChI=1S/C16H18Te/c1-2-6-13(5-1)12-17-16-10-9-14-7-3-4-8-15(14)11-16/h3-4,7-11,13H,1-2,5-6,12H2. The van der Waals surface area contributed by atoms with Gasteiger partial charge in [0, 0.05) is 0 Å². The fraction of sp³-hybridized carbons (Fsp3) is 0.375. The molecule has 0 spiro atoms. The Labute approximate surface area is 113 Å². The Balaban J connectivity index is 1.72. The molecule has 0 saturated heterocycles. The third-order valence-electron chi connectivity index (χ3n) is 3.68. The molecule has 0 nitrogen and oxygen atoms in total. The van der Waals surface area contributed by atoms with Gasteiger partial charge in [0.1, 0.15) is 0 Å². The first kappa shape index (κ1) is 11.6. The number of benzene rings is 2. The molecule has 0 radical (unpaired) electrons. The van der Waals surface area contributed by atoms with Crippen molar-refractivity contribution in [2.45, 2.75) is 30.2 Å². The van der Waals surface area contributed by atoms with Crippen LogP contribution in [0.15, 0.2) is 42.5 Å². The average molecular weight is 338 g/mol. The van der Waals surface area contributed by atoms with Gasteiger partial charge in [0.2, 0.25) is 0 Å². The first-order chi connectivity index (χ1) is 8.42. The summed E-state index contributed by atoms with van der Waals surface area (Å²) < 4.78 is 3.16. The SMILES string of the molecule is c1ccc2cc([Te]CC3CCCC3)ccc2c1. The Morgan fingerprint density at radius 2 is 1.71 bits per heavy atom. The van der Waals surface area contributed by atoms with Crippen LogP contribution in [0.4, 0.5) is 0 Å². The van der Waals surface area contributed by atoms with E-state index in [0.29, 0.717) is 0 Å². The summed E-state index contributed by atoms with van der Waals surface area (Å²) in [6.07, 6.45) is 5.96. The zero-order chi connectivity index (χ0) is 11.5. The summed E-state index contributed by atoms with van der Waals surface area (Å²) in [5.41, 5.74) is 0. The molecule has 0 bridgehead atoms. The van der Waals surface area contributed by atoms with Crippen molar-refractivity contribution in [1.82, 2.24) is 0 Å². The zero-order valence-electron chi connectivity index (χ0n) is 10.1. The first-order valence-corrected chi connectivity index (χ1v) is 9.35. The molecule has 88 valence electrons. The van der Waals surface area contributed by atoms with E-state index in [1.807, 2.05) is 0 Å². The molecular formula is C16H18Te. The molecule has 2 aromatic rings. The second kappa shape index (κ2) is 5.42. The van der Waals surface area contributed by atoms with Gasteiger partial charge >= 0.3 is 114 Å². The predicted molar refractivity (Wildman–Crippen MR) is 76.1 cm³/mol. The number of rotatable bonds is 3. The summed E-state index contributed by atoms with van der Waals surface area (Å²) in [4.78, 5) is 0. The number of hydrogen-bond acceptors (Lipinski definition) is 0. The zero-order valence-corrected chi connectivity index (χ0v) is 12.4. The molecule has 0 unspecified atom stereocenters. The molecule has 1 aliphatic carbocycles. The van der Waals surface area contributed by atoms with E-state index in [0.717, 1.165) is 5.92 Å². The van der Waals surface area contributed by atoms with E-state index in [4.69, 9.17) is 0 Å². The van der Waals surface area contributed by atoms with Gasteiger partial charge in [-0.3, -0.25) is 0 Å². The molecule has 1 fully saturated rings. The Hall–Kier alpha value is -0.510. The van der Waals surface area contributed by atoms with Crippen molar-refractivity contribution in [3.8, 4) is 0 Å². The summed E-state index contributed by atoms with van der Waals surface area (Å²) in [5.74, 6) is 1.06. The molecule has 3 rings (SSSR count). The quantitative estimate of drug-likeness (QED) is 0.748. The van der Waals surface area contributed by atoms with Crippen LogP contribution >= 0.6 is 0 Å². The van der Waals surface area contributed by atoms with Crippen LogP contribution in [0.2, 0.25) is 4.47 Å². The van der Waals surface area contributed by atoms with Gasteiger partial charge in [-0.05, 0) is 0 Å². The third kappa shape index (κ3) is 2.84. The van der Waals surface area contributed by atoms with Crippen molar-refractivity contribution in [2.75, 3.05) is 0 Å². The summed E-state index contributed by atoms with van der Waals surface area (Å²) in [6.45, 7) is 0. The summed E-state index contributed by atoms with van der Waals surface area (Å²) in [6, 6.07) is 15.8. The number of fused-ring (bicyclic) bond motifs is 1. The van der Waals surface area contributed by atoms with Crippen LogP contribution in [-0.4, -0.2) is 20.9 Å². The van der Waals surface area contributed by atoms with Crippen molar-refractivity contribution in [3.63, 3.8) is 0 Å². The predicted octanol–water partition coefficient (Wildman–Crippen LogP) is 3.78. The van der Waals surface area contributed by atoms with E-state index in [-0.39, 0.29) is 20.9 Å². The van der Waals surface area contributed by atoms with Crippen LogP contribution < -0.4 is 3.61 Å². The van der Waals surface area contributed by atoms with Crippen LogP contribution in [0.1, 0.15) is 25.7 Å². The van der Waals surface area contributed by atoms with Gasteiger partial charge in [0.15, 0.2) is 0 Å². The number of hydrogen-bond donors (Lipinski definition) is 0. The van der Waals surface area contributed by atoms with Crippen molar-refractivity contribution >= 4 is 35.3 Å². The Bertz CT molecular complexity index is 498. The van der Waals surface area contributed by atoms with E-state index >= 15 is 0 Å². The second-order valence-electron chi connectivity index (χ2n) is 4.97. The molecule has 0 atom stereocenters. The van der Waals surface area contributed by atoms with E-state index in [2.05, 4.69) is 42.5 Å². The molecule has 1 saturated carbocycles. The van der Waals surface area contributed by atoms with E-state index in [9.17, 15) is 0 Å². The Morgan fingerprint density at radius 1 is 0.941 bits per heavy atom. The second-order valence-corrected chi connectivity index (χ2v) is 8.09. The maximum absolute atomic E-state index is 2.42. The minimum atomic E-state index is 0.0534. The topological polar surface area (TPSA) is 0 Å². The van der Waals surface area contributed by atoms with E-state index in [1.165, 1.54) is 40.9 Å². The third-order valence-corrected chi connectivity index (χ3v) is 7.18. The van der Waals surface area contributed by atoms with Crippen LogP contribution in [0.5, 0.6) is 0 Å². The molecule has 0 amide bonds. The maximum atomic E-state index is 2.42. The van der Waals surface area contributed by atoms with Gasteiger partial charge in [-0.15, -0.1) is 0 Å². The molecule has 1 aliphatic rings. The average Bonchev–Trinajstić information content (AvgIpc) is 2.89. The molecule has 0 aromatic heterocycles. The molecule has 0 heterocycles. The van der Waals surface area contributed by atoms with Crippen molar-refractivity contribution in [1.29, 1.82) is 0 Å². The van der Waals surface area contributed by atoms with Crippen molar-refractivity contribution < 1.29 is 0 Å². The first-order valence-electron chi connectivity index (χ1n) is 6.53.